The van der Waals surface area contributed by atoms with Gasteiger partial charge in [-0.3, -0.25) is 0 Å². The van der Waals surface area contributed by atoms with Crippen molar-refractivity contribution in [1.29, 1.82) is 0 Å². The van der Waals surface area contributed by atoms with Crippen molar-refractivity contribution in [3.63, 3.8) is 0 Å². The molecule has 134 valence electrons. The van der Waals surface area contributed by atoms with Crippen LogP contribution in [0.3, 0.4) is 0 Å². The van der Waals surface area contributed by atoms with Gasteiger partial charge in [0, 0.05) is 6.61 Å². The molecular weight excluding hydrogens is 296 g/mol. The van der Waals surface area contributed by atoms with Gasteiger partial charge in [-0.25, -0.2) is 4.98 Å². The molecule has 3 heteroatoms. The second kappa shape index (κ2) is 12.1. The lowest BCUT2D eigenvalue weighted by molar-refractivity contribution is 0.112. The highest BCUT2D eigenvalue weighted by atomic mass is 16.5. The molecule has 0 radical (unpaired) electrons. The van der Waals surface area contributed by atoms with E-state index < -0.39 is 0 Å². The minimum Gasteiger partial charge on any atom is -0.374 e. The molecule has 1 aromatic heterocycles. The minimum atomic E-state index is 0.590. The van der Waals surface area contributed by atoms with Crippen LogP contribution < -0.4 is 0 Å². The lowest BCUT2D eigenvalue weighted by Crippen LogP contribution is -1.97. The van der Waals surface area contributed by atoms with Crippen LogP contribution >= 0.6 is 0 Å². The van der Waals surface area contributed by atoms with Gasteiger partial charge in [-0.05, 0) is 18.6 Å². The van der Waals surface area contributed by atoms with E-state index in [1.807, 2.05) is 18.2 Å². The van der Waals surface area contributed by atoms with Gasteiger partial charge >= 0.3 is 0 Å². The molecule has 0 amide bonds. The molecule has 0 bridgehead atoms. The van der Waals surface area contributed by atoms with Gasteiger partial charge in [0.15, 0.2) is 0 Å². The zero-order valence-electron chi connectivity index (χ0n) is 15.4. The predicted molar refractivity (Wildman–Crippen MR) is 102 cm³/mol. The zero-order valence-corrected chi connectivity index (χ0v) is 15.4. The number of nitrogens with one attached hydrogen (secondary N) is 1. The third kappa shape index (κ3) is 7.48. The molecule has 0 saturated heterocycles. The first kappa shape index (κ1) is 19.0. The van der Waals surface area contributed by atoms with Gasteiger partial charge in [-0.2, -0.15) is 0 Å². The van der Waals surface area contributed by atoms with Crippen molar-refractivity contribution in [2.45, 2.75) is 84.2 Å². The van der Waals surface area contributed by atoms with E-state index in [9.17, 15) is 0 Å². The summed E-state index contributed by atoms with van der Waals surface area (Å²) in [6, 6.07) is 8.12. The molecule has 0 aliphatic heterocycles. The van der Waals surface area contributed by atoms with Crippen LogP contribution in [0.4, 0.5) is 0 Å². The first-order valence-electron chi connectivity index (χ1n) is 9.91. The Labute approximate surface area is 147 Å². The van der Waals surface area contributed by atoms with E-state index in [1.54, 1.807) is 0 Å². The highest BCUT2D eigenvalue weighted by Crippen LogP contribution is 2.12. The van der Waals surface area contributed by atoms with Crippen molar-refractivity contribution < 1.29 is 4.74 Å². The van der Waals surface area contributed by atoms with Gasteiger partial charge in [-0.15, -0.1) is 0 Å². The number of ether oxygens (including phenoxy) is 1. The first-order chi connectivity index (χ1) is 11.9. The highest BCUT2D eigenvalue weighted by molar-refractivity contribution is 5.74. The number of para-hydroxylation sites is 2. The second-order valence-corrected chi connectivity index (χ2v) is 6.79. The predicted octanol–water partition coefficient (Wildman–Crippen LogP) is 6.39. The van der Waals surface area contributed by atoms with Crippen LogP contribution in [-0.4, -0.2) is 16.6 Å². The fourth-order valence-electron chi connectivity index (χ4n) is 3.11. The fourth-order valence-corrected chi connectivity index (χ4v) is 3.11. The minimum absolute atomic E-state index is 0.590. The van der Waals surface area contributed by atoms with Gasteiger partial charge < -0.3 is 9.72 Å². The number of aromatic amines is 1. The molecule has 1 aromatic carbocycles. The third-order valence-electron chi connectivity index (χ3n) is 4.57. The summed E-state index contributed by atoms with van der Waals surface area (Å²) >= 11 is 0. The van der Waals surface area contributed by atoms with Crippen molar-refractivity contribution in [2.24, 2.45) is 0 Å². The number of benzene rings is 1. The number of H-pyrrole nitrogens is 1. The standard InChI is InChI=1S/C21H34N2O/c1-2-3-4-5-6-7-8-9-10-11-14-17-24-18-21-22-19-15-12-13-16-20(19)23-21/h12-13,15-16H,2-11,14,17-18H2,1H3,(H,22,23). The van der Waals surface area contributed by atoms with E-state index >= 15 is 0 Å². The molecule has 0 unspecified atom stereocenters. The largest absolute Gasteiger partial charge is 0.374 e. The van der Waals surface area contributed by atoms with E-state index in [-0.39, 0.29) is 0 Å². The normalized spacial score (nSPS) is 11.4. The summed E-state index contributed by atoms with van der Waals surface area (Å²) in [6.07, 6.45) is 15.1. The number of unbranched alkanes of at least 4 members (excludes halogenated alkanes) is 10. The Morgan fingerprint density at radius 3 is 2.12 bits per heavy atom. The van der Waals surface area contributed by atoms with Crippen LogP contribution in [-0.2, 0) is 11.3 Å². The van der Waals surface area contributed by atoms with E-state index in [0.717, 1.165) is 29.9 Å². The van der Waals surface area contributed by atoms with E-state index in [2.05, 4.69) is 23.0 Å². The first-order valence-corrected chi connectivity index (χ1v) is 9.91. The Kier molecular flexibility index (Phi) is 9.55. The Bertz CT molecular complexity index is 517. The number of imidazole rings is 1. The summed E-state index contributed by atoms with van der Waals surface area (Å²) in [5.41, 5.74) is 2.11. The smallest absolute Gasteiger partial charge is 0.133 e. The molecule has 0 saturated carbocycles. The molecule has 2 rings (SSSR count). The van der Waals surface area contributed by atoms with E-state index in [1.165, 1.54) is 64.2 Å². The Morgan fingerprint density at radius 2 is 1.46 bits per heavy atom. The SMILES string of the molecule is CCCCCCCCCCCCCOCc1nc2ccccc2[nH]1. The average molecular weight is 331 g/mol. The maximum absolute atomic E-state index is 5.74. The van der Waals surface area contributed by atoms with Crippen molar-refractivity contribution in [2.75, 3.05) is 6.61 Å². The molecule has 1 N–H and O–H groups in total. The van der Waals surface area contributed by atoms with E-state index in [4.69, 9.17) is 4.74 Å². The Balaban J connectivity index is 1.39. The Hall–Kier alpha value is -1.35. The molecule has 0 aliphatic rings. The molecule has 2 aromatic rings. The number of rotatable bonds is 14. The molecule has 0 atom stereocenters. The van der Waals surface area contributed by atoms with E-state index in [0.29, 0.717) is 6.61 Å². The maximum Gasteiger partial charge on any atom is 0.133 e. The monoisotopic (exact) mass is 330 g/mol. The Morgan fingerprint density at radius 1 is 0.833 bits per heavy atom. The van der Waals surface area contributed by atoms with Crippen molar-refractivity contribution in [1.82, 2.24) is 9.97 Å². The van der Waals surface area contributed by atoms with Crippen LogP contribution in [0.25, 0.3) is 11.0 Å². The lowest BCUT2D eigenvalue weighted by atomic mass is 10.1. The summed E-state index contributed by atoms with van der Waals surface area (Å²) in [7, 11) is 0. The van der Waals surface area contributed by atoms with Gasteiger partial charge in [0.2, 0.25) is 0 Å². The molecule has 3 nitrogen and oxygen atoms in total. The highest BCUT2D eigenvalue weighted by Gasteiger charge is 2.01. The number of aromatic nitrogens is 2. The summed E-state index contributed by atoms with van der Waals surface area (Å²) in [5, 5.41) is 0. The van der Waals surface area contributed by atoms with Gasteiger partial charge in [-0.1, -0.05) is 83.3 Å². The maximum atomic E-state index is 5.74. The van der Waals surface area contributed by atoms with Gasteiger partial charge in [0.25, 0.3) is 0 Å². The number of hydrogen-bond donors (Lipinski definition) is 1. The fraction of sp³-hybridized carbons (Fsp3) is 0.667. The van der Waals surface area contributed by atoms with Crippen molar-refractivity contribution in [3.8, 4) is 0 Å². The summed E-state index contributed by atoms with van der Waals surface area (Å²) < 4.78 is 5.74. The quantitative estimate of drug-likeness (QED) is 0.407. The zero-order chi connectivity index (χ0) is 16.9. The van der Waals surface area contributed by atoms with Crippen LogP contribution in [0, 0.1) is 0 Å². The number of fused-ring (bicyclic) bond motifs is 1. The molecule has 1 heterocycles. The molecule has 0 spiro atoms. The van der Waals surface area contributed by atoms with Crippen LogP contribution in [0.5, 0.6) is 0 Å². The lowest BCUT2D eigenvalue weighted by Gasteiger charge is -2.03. The molecule has 0 fully saturated rings. The molecule has 24 heavy (non-hydrogen) atoms. The summed E-state index contributed by atoms with van der Waals surface area (Å²) in [5.74, 6) is 0.930. The third-order valence-corrected chi connectivity index (χ3v) is 4.57. The van der Waals surface area contributed by atoms with Crippen molar-refractivity contribution in [3.05, 3.63) is 30.1 Å². The van der Waals surface area contributed by atoms with Crippen LogP contribution in [0.15, 0.2) is 24.3 Å². The summed E-state index contributed by atoms with van der Waals surface area (Å²) in [4.78, 5) is 7.83. The molecular formula is C21H34N2O. The van der Waals surface area contributed by atoms with Crippen molar-refractivity contribution >= 4 is 11.0 Å². The van der Waals surface area contributed by atoms with Crippen LogP contribution in [0.2, 0.25) is 0 Å². The van der Waals surface area contributed by atoms with Gasteiger partial charge in [0.1, 0.15) is 12.4 Å². The van der Waals surface area contributed by atoms with Crippen LogP contribution in [0.1, 0.15) is 83.4 Å². The van der Waals surface area contributed by atoms with Gasteiger partial charge in [0.05, 0.1) is 11.0 Å². The second-order valence-electron chi connectivity index (χ2n) is 6.79. The summed E-state index contributed by atoms with van der Waals surface area (Å²) in [6.45, 7) is 3.71. The molecule has 0 aliphatic carbocycles. The number of hydrogen-bond acceptors (Lipinski definition) is 2. The topological polar surface area (TPSA) is 37.9 Å². The average Bonchev–Trinajstić information content (AvgIpc) is 3.02. The number of nitrogens with zero attached hydrogens (tertiary/aromatic N) is 1.